The molecule has 1 rings (SSSR count). The second-order valence-electron chi connectivity index (χ2n) is 6.36. The maximum absolute atomic E-state index is 12.0. The number of amides is 1. The number of rotatable bonds is 3. The lowest BCUT2D eigenvalue weighted by atomic mass is 9.69. The third-order valence-electron chi connectivity index (χ3n) is 3.86. The number of carbonyl (C=O) groups excluding carboxylic acids is 1. The first-order valence-electron chi connectivity index (χ1n) is 6.32. The Bertz CT molecular complexity index is 490. The standard InChI is InChI=1S/C15H21N3O/c1-14(2,3)15(4,5)10-18-13(19)11-6-7-12(8-16)17-9-11/h6-7,9H,10H2,1-5H3,(H,18,19). The summed E-state index contributed by atoms with van der Waals surface area (Å²) in [6, 6.07) is 5.09. The average molecular weight is 259 g/mol. The van der Waals surface area contributed by atoms with Crippen LogP contribution in [-0.2, 0) is 0 Å². The van der Waals surface area contributed by atoms with E-state index in [0.29, 0.717) is 17.8 Å². The molecule has 0 saturated carbocycles. The largest absolute Gasteiger partial charge is 0.351 e. The Labute approximate surface area is 114 Å². The van der Waals surface area contributed by atoms with Crippen LogP contribution >= 0.6 is 0 Å². The van der Waals surface area contributed by atoms with Crippen molar-refractivity contribution in [2.45, 2.75) is 34.6 Å². The van der Waals surface area contributed by atoms with Crippen LogP contribution in [0.15, 0.2) is 18.3 Å². The van der Waals surface area contributed by atoms with Gasteiger partial charge in [0.15, 0.2) is 0 Å². The van der Waals surface area contributed by atoms with Gasteiger partial charge < -0.3 is 5.32 Å². The van der Waals surface area contributed by atoms with E-state index >= 15 is 0 Å². The van der Waals surface area contributed by atoms with Gasteiger partial charge in [-0.3, -0.25) is 4.79 Å². The van der Waals surface area contributed by atoms with Crippen molar-refractivity contribution in [2.75, 3.05) is 6.54 Å². The van der Waals surface area contributed by atoms with Crippen molar-refractivity contribution in [3.63, 3.8) is 0 Å². The van der Waals surface area contributed by atoms with E-state index in [2.05, 4.69) is 44.9 Å². The number of aromatic nitrogens is 1. The van der Waals surface area contributed by atoms with Crippen LogP contribution < -0.4 is 5.32 Å². The Hall–Kier alpha value is -1.89. The van der Waals surface area contributed by atoms with Gasteiger partial charge in [-0.2, -0.15) is 5.26 Å². The van der Waals surface area contributed by atoms with E-state index in [1.54, 1.807) is 12.1 Å². The first-order valence-corrected chi connectivity index (χ1v) is 6.32. The molecular formula is C15H21N3O. The molecule has 1 aromatic heterocycles. The molecule has 0 aliphatic rings. The highest BCUT2D eigenvalue weighted by Crippen LogP contribution is 2.36. The maximum atomic E-state index is 12.0. The normalized spacial score (nSPS) is 11.8. The summed E-state index contributed by atoms with van der Waals surface area (Å²) < 4.78 is 0. The molecular weight excluding hydrogens is 238 g/mol. The minimum absolute atomic E-state index is 0.0112. The van der Waals surface area contributed by atoms with Crippen LogP contribution in [0.3, 0.4) is 0 Å². The van der Waals surface area contributed by atoms with Crippen molar-refractivity contribution < 1.29 is 4.79 Å². The zero-order valence-corrected chi connectivity index (χ0v) is 12.2. The monoisotopic (exact) mass is 259 g/mol. The lowest BCUT2D eigenvalue weighted by Gasteiger charge is -2.38. The average Bonchev–Trinajstić information content (AvgIpc) is 2.35. The van der Waals surface area contributed by atoms with Gasteiger partial charge >= 0.3 is 0 Å². The fourth-order valence-corrected chi connectivity index (χ4v) is 1.26. The van der Waals surface area contributed by atoms with Crippen LogP contribution in [0, 0.1) is 22.2 Å². The van der Waals surface area contributed by atoms with E-state index in [1.807, 2.05) is 6.07 Å². The molecule has 0 spiro atoms. The number of carbonyl (C=O) groups is 1. The second kappa shape index (κ2) is 5.40. The predicted octanol–water partition coefficient (Wildman–Crippen LogP) is 2.76. The topological polar surface area (TPSA) is 65.8 Å². The number of pyridine rings is 1. The molecule has 4 nitrogen and oxygen atoms in total. The van der Waals surface area contributed by atoms with Crippen molar-refractivity contribution in [2.24, 2.45) is 10.8 Å². The lowest BCUT2D eigenvalue weighted by Crippen LogP contribution is -2.41. The van der Waals surface area contributed by atoms with Gasteiger partial charge in [0.2, 0.25) is 0 Å². The molecule has 0 radical (unpaired) electrons. The molecule has 0 saturated heterocycles. The first kappa shape index (κ1) is 15.2. The summed E-state index contributed by atoms with van der Waals surface area (Å²) in [6.45, 7) is 11.3. The lowest BCUT2D eigenvalue weighted by molar-refractivity contribution is 0.0867. The molecule has 4 heteroatoms. The maximum Gasteiger partial charge on any atom is 0.252 e. The summed E-state index contributed by atoms with van der Waals surface area (Å²) in [5.41, 5.74) is 0.876. The van der Waals surface area contributed by atoms with Crippen LogP contribution in [0.1, 0.15) is 50.7 Å². The Balaban J connectivity index is 2.68. The fourth-order valence-electron chi connectivity index (χ4n) is 1.26. The van der Waals surface area contributed by atoms with Gasteiger partial charge in [0.05, 0.1) is 5.56 Å². The highest BCUT2D eigenvalue weighted by molar-refractivity contribution is 5.93. The molecule has 1 amide bonds. The molecule has 0 atom stereocenters. The Morgan fingerprint density at radius 3 is 2.37 bits per heavy atom. The predicted molar refractivity (Wildman–Crippen MR) is 74.5 cm³/mol. The zero-order valence-electron chi connectivity index (χ0n) is 12.2. The van der Waals surface area contributed by atoms with Gasteiger partial charge in [0.25, 0.3) is 5.91 Å². The van der Waals surface area contributed by atoms with Gasteiger partial charge in [-0.05, 0) is 23.0 Å². The van der Waals surface area contributed by atoms with Crippen molar-refractivity contribution in [1.82, 2.24) is 10.3 Å². The Morgan fingerprint density at radius 1 is 1.32 bits per heavy atom. The Kier molecular flexibility index (Phi) is 4.31. The third-order valence-corrected chi connectivity index (χ3v) is 3.86. The van der Waals surface area contributed by atoms with Gasteiger partial charge in [-0.1, -0.05) is 34.6 Å². The van der Waals surface area contributed by atoms with Crippen LogP contribution in [0.2, 0.25) is 0 Å². The summed E-state index contributed by atoms with van der Waals surface area (Å²) in [7, 11) is 0. The number of nitrogens with zero attached hydrogens (tertiary/aromatic N) is 2. The summed E-state index contributed by atoms with van der Waals surface area (Å²) in [5, 5.41) is 11.6. The zero-order chi connectivity index (χ0) is 14.7. The van der Waals surface area contributed by atoms with E-state index in [1.165, 1.54) is 6.20 Å². The number of nitriles is 1. The molecule has 1 N–H and O–H groups in total. The molecule has 0 aliphatic carbocycles. The van der Waals surface area contributed by atoms with Crippen LogP contribution in [0.25, 0.3) is 0 Å². The third kappa shape index (κ3) is 3.78. The van der Waals surface area contributed by atoms with E-state index in [0.717, 1.165) is 0 Å². The molecule has 0 aliphatic heterocycles. The highest BCUT2D eigenvalue weighted by atomic mass is 16.1. The fraction of sp³-hybridized carbons (Fsp3) is 0.533. The highest BCUT2D eigenvalue weighted by Gasteiger charge is 2.32. The van der Waals surface area contributed by atoms with Crippen LogP contribution in [-0.4, -0.2) is 17.4 Å². The first-order chi connectivity index (χ1) is 8.67. The van der Waals surface area contributed by atoms with Crippen LogP contribution in [0.4, 0.5) is 0 Å². The van der Waals surface area contributed by atoms with E-state index in [4.69, 9.17) is 5.26 Å². The van der Waals surface area contributed by atoms with Gasteiger partial charge in [0, 0.05) is 12.7 Å². The molecule has 0 aromatic carbocycles. The molecule has 0 fully saturated rings. The van der Waals surface area contributed by atoms with Gasteiger partial charge in [0.1, 0.15) is 11.8 Å². The summed E-state index contributed by atoms with van der Waals surface area (Å²) in [5.74, 6) is -0.158. The van der Waals surface area contributed by atoms with E-state index in [-0.39, 0.29) is 16.7 Å². The van der Waals surface area contributed by atoms with Gasteiger partial charge in [-0.25, -0.2) is 4.98 Å². The van der Waals surface area contributed by atoms with Crippen molar-refractivity contribution in [1.29, 1.82) is 5.26 Å². The van der Waals surface area contributed by atoms with Crippen molar-refractivity contribution in [3.8, 4) is 6.07 Å². The molecule has 19 heavy (non-hydrogen) atoms. The van der Waals surface area contributed by atoms with E-state index < -0.39 is 0 Å². The van der Waals surface area contributed by atoms with Gasteiger partial charge in [-0.15, -0.1) is 0 Å². The molecule has 0 unspecified atom stereocenters. The molecule has 1 aromatic rings. The summed E-state index contributed by atoms with van der Waals surface area (Å²) in [6.07, 6.45) is 1.43. The summed E-state index contributed by atoms with van der Waals surface area (Å²) in [4.78, 5) is 15.9. The second-order valence-corrected chi connectivity index (χ2v) is 6.36. The minimum atomic E-state index is -0.158. The van der Waals surface area contributed by atoms with E-state index in [9.17, 15) is 4.79 Å². The summed E-state index contributed by atoms with van der Waals surface area (Å²) >= 11 is 0. The SMILES string of the molecule is CC(C)(C)C(C)(C)CNC(=O)c1ccc(C#N)nc1. The quantitative estimate of drug-likeness (QED) is 0.907. The van der Waals surface area contributed by atoms with Crippen molar-refractivity contribution in [3.05, 3.63) is 29.6 Å². The number of hydrogen-bond donors (Lipinski definition) is 1. The molecule has 1 heterocycles. The number of nitrogens with one attached hydrogen (secondary N) is 1. The van der Waals surface area contributed by atoms with Crippen LogP contribution in [0.5, 0.6) is 0 Å². The number of hydrogen-bond acceptors (Lipinski definition) is 3. The molecule has 102 valence electrons. The minimum Gasteiger partial charge on any atom is -0.351 e. The Morgan fingerprint density at radius 2 is 1.95 bits per heavy atom. The molecule has 0 bridgehead atoms. The smallest absolute Gasteiger partial charge is 0.252 e. The van der Waals surface area contributed by atoms with Crippen molar-refractivity contribution >= 4 is 5.91 Å².